The fourth-order valence-electron chi connectivity index (χ4n) is 4.67. The Kier molecular flexibility index (Phi) is 13.8. The van der Waals surface area contributed by atoms with Crippen LogP contribution in [0.5, 0.6) is 0 Å². The van der Waals surface area contributed by atoms with Crippen LogP contribution in [0.3, 0.4) is 0 Å². The maximum Gasteiger partial charge on any atom is 0.373 e. The van der Waals surface area contributed by atoms with Gasteiger partial charge in [-0.2, -0.15) is 9.59 Å². The zero-order valence-corrected chi connectivity index (χ0v) is 21.9. The van der Waals surface area contributed by atoms with Crippen LogP contribution in [-0.4, -0.2) is 35.3 Å². The first-order chi connectivity index (χ1) is 17.5. The number of aliphatic carboxylic acids is 1. The number of carbonyl (C=O) groups is 1. The number of benzene rings is 1. The van der Waals surface area contributed by atoms with Crippen molar-refractivity contribution in [2.75, 3.05) is 18.4 Å². The Morgan fingerprint density at radius 1 is 1.14 bits per heavy atom. The van der Waals surface area contributed by atoms with E-state index in [0.29, 0.717) is 6.54 Å². The molecule has 8 heteroatoms. The first kappa shape index (κ1) is 29.5. The van der Waals surface area contributed by atoms with Gasteiger partial charge >= 0.3 is 12.1 Å². The van der Waals surface area contributed by atoms with Crippen LogP contribution in [-0.2, 0) is 40.2 Å². The Morgan fingerprint density at radius 2 is 1.83 bits per heavy atom. The van der Waals surface area contributed by atoms with Crippen LogP contribution in [0.1, 0.15) is 74.3 Å². The quantitative estimate of drug-likeness (QED) is 0.450. The van der Waals surface area contributed by atoms with E-state index in [1.54, 1.807) is 6.92 Å². The third-order valence-corrected chi connectivity index (χ3v) is 7.00. The van der Waals surface area contributed by atoms with E-state index >= 15 is 0 Å². The molecule has 0 saturated heterocycles. The summed E-state index contributed by atoms with van der Waals surface area (Å²) in [6.07, 6.45) is 14.2. The van der Waals surface area contributed by atoms with Crippen LogP contribution in [0.2, 0.25) is 5.02 Å². The number of fused-ring (bicyclic) bond motifs is 1. The lowest BCUT2D eigenvalue weighted by atomic mass is 9.85. The number of carboxylic acids is 1. The van der Waals surface area contributed by atoms with Gasteiger partial charge < -0.3 is 15.7 Å². The van der Waals surface area contributed by atoms with E-state index in [9.17, 15) is 4.79 Å². The Hall–Kier alpha value is -2.73. The number of rotatable bonds is 7. The Morgan fingerprint density at radius 3 is 2.47 bits per heavy atom. The van der Waals surface area contributed by atoms with Crippen molar-refractivity contribution >= 4 is 29.4 Å². The topological polar surface area (TPSA) is 108 Å². The van der Waals surface area contributed by atoms with Crippen LogP contribution >= 0.6 is 11.6 Å². The molecule has 1 aromatic heterocycles. The molecule has 7 nitrogen and oxygen atoms in total. The van der Waals surface area contributed by atoms with Crippen molar-refractivity contribution in [3.05, 3.63) is 57.9 Å². The monoisotopic (exact) mass is 515 g/mol. The standard InChI is InChI=1S/C24H32ClN3.C3H6O2.CO2/c25-23-11-9-20-12-14-26-15-13-22(20)24(23)28-17-21-10-8-19(16-27-21)7-6-18-4-2-1-3-5-18;1-2-3(4)5;2-1-3/h8-11,16,18,26,28H,1-7,12-15,17H2;2H2,1H3,(H,4,5);. The molecule has 1 saturated carbocycles. The molecule has 2 aromatic rings. The van der Waals surface area contributed by atoms with Gasteiger partial charge in [-0.1, -0.05) is 62.8 Å². The average Bonchev–Trinajstić information content (AvgIpc) is 3.15. The van der Waals surface area contributed by atoms with Crippen LogP contribution in [0.25, 0.3) is 0 Å². The molecule has 0 unspecified atom stereocenters. The number of hydrogen-bond acceptors (Lipinski definition) is 6. The number of aromatic nitrogens is 1. The van der Waals surface area contributed by atoms with Gasteiger partial charge in [0.15, 0.2) is 0 Å². The van der Waals surface area contributed by atoms with Gasteiger partial charge in [0.05, 0.1) is 22.9 Å². The highest BCUT2D eigenvalue weighted by Gasteiger charge is 2.15. The van der Waals surface area contributed by atoms with Gasteiger partial charge in [0.1, 0.15) is 0 Å². The molecule has 36 heavy (non-hydrogen) atoms. The second kappa shape index (κ2) is 16.9. The summed E-state index contributed by atoms with van der Waals surface area (Å²) in [4.78, 5) is 30.3. The average molecular weight is 516 g/mol. The van der Waals surface area contributed by atoms with E-state index in [1.165, 1.54) is 55.2 Å². The van der Waals surface area contributed by atoms with E-state index in [0.717, 1.165) is 54.7 Å². The highest BCUT2D eigenvalue weighted by atomic mass is 35.5. The maximum absolute atomic E-state index is 9.37. The zero-order valence-electron chi connectivity index (χ0n) is 21.2. The number of aryl methyl sites for hydroxylation is 1. The fraction of sp³-hybridized carbons (Fsp3) is 0.536. The molecule has 3 N–H and O–H groups in total. The lowest BCUT2D eigenvalue weighted by Gasteiger charge is -2.21. The molecule has 2 heterocycles. The third kappa shape index (κ3) is 10.5. The lowest BCUT2D eigenvalue weighted by molar-refractivity contribution is -0.191. The number of nitrogens with one attached hydrogen (secondary N) is 2. The van der Waals surface area contributed by atoms with Gasteiger partial charge in [0.25, 0.3) is 0 Å². The van der Waals surface area contributed by atoms with Crippen molar-refractivity contribution in [1.82, 2.24) is 10.3 Å². The minimum absolute atomic E-state index is 0.222. The molecule has 0 radical (unpaired) electrons. The molecule has 1 fully saturated rings. The number of halogens is 1. The third-order valence-electron chi connectivity index (χ3n) is 6.68. The van der Waals surface area contributed by atoms with E-state index < -0.39 is 5.97 Å². The van der Waals surface area contributed by atoms with Gasteiger partial charge in [-0.15, -0.1) is 0 Å². The summed E-state index contributed by atoms with van der Waals surface area (Å²) in [6.45, 7) is 4.36. The van der Waals surface area contributed by atoms with E-state index in [-0.39, 0.29) is 12.6 Å². The molecule has 1 aliphatic heterocycles. The molecular formula is C28H38ClN3O4. The van der Waals surface area contributed by atoms with Gasteiger partial charge in [-0.3, -0.25) is 9.78 Å². The Balaban J connectivity index is 0.000000501. The Labute approximate surface area is 219 Å². The minimum Gasteiger partial charge on any atom is -0.481 e. The first-order valence-electron chi connectivity index (χ1n) is 12.9. The number of nitrogens with zero attached hydrogens (tertiary/aromatic N) is 1. The second-order valence-electron chi connectivity index (χ2n) is 9.19. The summed E-state index contributed by atoms with van der Waals surface area (Å²) in [5.41, 5.74) is 6.30. The van der Waals surface area contributed by atoms with Crippen molar-refractivity contribution in [2.45, 2.75) is 77.7 Å². The highest BCUT2D eigenvalue weighted by molar-refractivity contribution is 6.33. The Bertz CT molecular complexity index is 970. The normalized spacial score (nSPS) is 15.1. The molecule has 2 aliphatic rings. The largest absolute Gasteiger partial charge is 0.481 e. The maximum atomic E-state index is 9.37. The highest BCUT2D eigenvalue weighted by Crippen LogP contribution is 2.31. The van der Waals surface area contributed by atoms with Crippen LogP contribution in [0.4, 0.5) is 5.69 Å². The molecule has 0 amide bonds. The molecule has 0 atom stereocenters. The predicted molar refractivity (Wildman–Crippen MR) is 141 cm³/mol. The van der Waals surface area contributed by atoms with Gasteiger partial charge in [-0.05, 0) is 73.5 Å². The van der Waals surface area contributed by atoms with Crippen molar-refractivity contribution in [2.24, 2.45) is 5.92 Å². The van der Waals surface area contributed by atoms with Gasteiger partial charge in [0, 0.05) is 12.6 Å². The van der Waals surface area contributed by atoms with Crippen molar-refractivity contribution in [1.29, 1.82) is 0 Å². The summed E-state index contributed by atoms with van der Waals surface area (Å²) in [5, 5.41) is 15.6. The molecule has 1 aromatic carbocycles. The van der Waals surface area contributed by atoms with Gasteiger partial charge in [-0.25, -0.2) is 0 Å². The van der Waals surface area contributed by atoms with Crippen molar-refractivity contribution in [3.8, 4) is 0 Å². The van der Waals surface area contributed by atoms with Crippen LogP contribution in [0.15, 0.2) is 30.5 Å². The van der Waals surface area contributed by atoms with Crippen LogP contribution in [0, 0.1) is 5.92 Å². The number of carboxylic acid groups (broad SMARTS) is 1. The fourth-order valence-corrected chi connectivity index (χ4v) is 4.91. The smallest absolute Gasteiger partial charge is 0.373 e. The molecular weight excluding hydrogens is 478 g/mol. The van der Waals surface area contributed by atoms with Crippen molar-refractivity contribution < 1.29 is 19.5 Å². The second-order valence-corrected chi connectivity index (χ2v) is 9.60. The van der Waals surface area contributed by atoms with E-state index in [4.69, 9.17) is 31.3 Å². The zero-order chi connectivity index (χ0) is 26.2. The summed E-state index contributed by atoms with van der Waals surface area (Å²) in [5.74, 6) is 0.185. The summed E-state index contributed by atoms with van der Waals surface area (Å²) >= 11 is 6.52. The van der Waals surface area contributed by atoms with Crippen molar-refractivity contribution in [3.63, 3.8) is 0 Å². The minimum atomic E-state index is -0.745. The molecule has 196 valence electrons. The van der Waals surface area contributed by atoms with Crippen LogP contribution < -0.4 is 10.6 Å². The number of pyridine rings is 1. The summed E-state index contributed by atoms with van der Waals surface area (Å²) in [7, 11) is 0. The molecule has 0 spiro atoms. The molecule has 0 bridgehead atoms. The number of carbonyl (C=O) groups excluding carboxylic acids is 2. The van der Waals surface area contributed by atoms with Gasteiger partial charge in [0.2, 0.25) is 0 Å². The SMILES string of the molecule is CCC(=O)O.Clc1ccc2c(c1NCc1ccc(CCC3CCCCC3)cn1)CCNCC2.O=C=O. The summed E-state index contributed by atoms with van der Waals surface area (Å²) in [6, 6.07) is 8.62. The lowest BCUT2D eigenvalue weighted by Crippen LogP contribution is -2.16. The predicted octanol–water partition coefficient (Wildman–Crippen LogP) is 5.45. The first-order valence-corrected chi connectivity index (χ1v) is 13.3. The number of anilines is 1. The van der Waals surface area contributed by atoms with E-state index in [2.05, 4.69) is 35.0 Å². The number of hydrogen-bond donors (Lipinski definition) is 3. The molecule has 4 rings (SSSR count). The molecule has 1 aliphatic carbocycles. The van der Waals surface area contributed by atoms with E-state index in [1.807, 2.05) is 6.07 Å². The summed E-state index contributed by atoms with van der Waals surface area (Å²) < 4.78 is 0.